The van der Waals surface area contributed by atoms with Gasteiger partial charge in [-0.1, -0.05) is 42.5 Å². The van der Waals surface area contributed by atoms with Crippen LogP contribution in [0.5, 0.6) is 5.75 Å². The molecule has 0 bridgehead atoms. The number of para-hydroxylation sites is 1. The largest absolute Gasteiger partial charge is 0.484 e. The Morgan fingerprint density at radius 3 is 2.69 bits per heavy atom. The molecule has 3 aromatic carbocycles. The molecule has 158 valence electrons. The first-order valence-corrected chi connectivity index (χ1v) is 10.0. The summed E-state index contributed by atoms with van der Waals surface area (Å²) in [5, 5.41) is 16.1. The molecule has 2 aromatic heterocycles. The molecule has 0 saturated heterocycles. The van der Waals surface area contributed by atoms with Crippen LogP contribution in [0.3, 0.4) is 0 Å². The molecule has 5 aromatic rings. The number of nitrogens with zero attached hydrogens (tertiary/aromatic N) is 4. The summed E-state index contributed by atoms with van der Waals surface area (Å²) in [7, 11) is 1.81. The molecule has 0 unspecified atom stereocenters. The normalized spacial score (nSPS) is 10.9. The summed E-state index contributed by atoms with van der Waals surface area (Å²) in [5.41, 5.74) is 2.70. The number of benzene rings is 3. The first kappa shape index (κ1) is 19.5. The molecule has 0 atom stereocenters. The minimum atomic E-state index is -0.289. The Kier molecular flexibility index (Phi) is 5.09. The first-order chi connectivity index (χ1) is 15.7. The van der Waals surface area contributed by atoms with Crippen molar-refractivity contribution in [2.45, 2.75) is 6.61 Å². The highest BCUT2D eigenvalue weighted by Crippen LogP contribution is 2.22. The fraction of sp³-hybridized carbons (Fsp3) is 0.0833. The van der Waals surface area contributed by atoms with Crippen LogP contribution in [0.4, 0.5) is 5.69 Å². The fourth-order valence-corrected chi connectivity index (χ4v) is 3.39. The van der Waals surface area contributed by atoms with E-state index < -0.39 is 0 Å². The number of amides is 1. The molecule has 8 nitrogen and oxygen atoms in total. The Labute approximate surface area is 183 Å². The van der Waals surface area contributed by atoms with Crippen LogP contribution in [0.15, 0.2) is 83.3 Å². The number of fused-ring (bicyclic) bond motifs is 1. The summed E-state index contributed by atoms with van der Waals surface area (Å²) in [6, 6.07) is 24.2. The van der Waals surface area contributed by atoms with Gasteiger partial charge in [0.05, 0.1) is 5.52 Å². The minimum Gasteiger partial charge on any atom is -0.484 e. The third-order valence-corrected chi connectivity index (χ3v) is 4.91. The van der Waals surface area contributed by atoms with E-state index in [1.807, 2.05) is 61.6 Å². The van der Waals surface area contributed by atoms with Crippen molar-refractivity contribution in [3.63, 3.8) is 0 Å². The smallest absolute Gasteiger partial charge is 0.276 e. The van der Waals surface area contributed by atoms with Gasteiger partial charge in [0.1, 0.15) is 5.75 Å². The van der Waals surface area contributed by atoms with Gasteiger partial charge in [-0.05, 0) is 30.3 Å². The van der Waals surface area contributed by atoms with Gasteiger partial charge in [-0.3, -0.25) is 9.48 Å². The second kappa shape index (κ2) is 8.35. The highest BCUT2D eigenvalue weighted by molar-refractivity contribution is 6.11. The zero-order chi connectivity index (χ0) is 21.9. The maximum absolute atomic E-state index is 12.8. The molecule has 1 amide bonds. The summed E-state index contributed by atoms with van der Waals surface area (Å²) >= 11 is 0. The second-order valence-corrected chi connectivity index (χ2v) is 7.13. The van der Waals surface area contributed by atoms with Crippen LogP contribution >= 0.6 is 0 Å². The van der Waals surface area contributed by atoms with Gasteiger partial charge in [0.25, 0.3) is 11.8 Å². The Morgan fingerprint density at radius 1 is 1.00 bits per heavy atom. The summed E-state index contributed by atoms with van der Waals surface area (Å²) in [6.07, 6.45) is 0. The lowest BCUT2D eigenvalue weighted by Crippen LogP contribution is -2.13. The number of rotatable bonds is 6. The number of ether oxygens (including phenoxy) is 1. The molecule has 0 spiro atoms. The average Bonchev–Trinajstić information content (AvgIpc) is 3.44. The van der Waals surface area contributed by atoms with Crippen LogP contribution in [-0.4, -0.2) is 25.9 Å². The van der Waals surface area contributed by atoms with Crippen LogP contribution in [0, 0.1) is 0 Å². The van der Waals surface area contributed by atoms with Crippen molar-refractivity contribution in [2.75, 3.05) is 5.32 Å². The number of aromatic nitrogens is 4. The van der Waals surface area contributed by atoms with Crippen LogP contribution in [-0.2, 0) is 13.7 Å². The first-order valence-electron chi connectivity index (χ1n) is 10.0. The van der Waals surface area contributed by atoms with Gasteiger partial charge in [0.2, 0.25) is 5.89 Å². The summed E-state index contributed by atoms with van der Waals surface area (Å²) in [6.45, 7) is 0.113. The predicted octanol–water partition coefficient (Wildman–Crippen LogP) is 4.45. The van der Waals surface area contributed by atoms with Crippen molar-refractivity contribution in [3.8, 4) is 17.2 Å². The molecular weight excluding hydrogens is 406 g/mol. The van der Waals surface area contributed by atoms with Crippen molar-refractivity contribution in [1.82, 2.24) is 20.0 Å². The molecule has 32 heavy (non-hydrogen) atoms. The van der Waals surface area contributed by atoms with Gasteiger partial charge < -0.3 is 14.5 Å². The number of carbonyl (C=O) groups excluding carboxylic acids is 1. The van der Waals surface area contributed by atoms with Gasteiger partial charge in [0.15, 0.2) is 12.3 Å². The SMILES string of the molecule is Cn1nc(C(=O)Nc2cccc(OCc3nnc(-c4ccccc4)o3)c2)c2ccccc21. The molecule has 0 saturated carbocycles. The van der Waals surface area contributed by atoms with E-state index >= 15 is 0 Å². The minimum absolute atomic E-state index is 0.113. The van der Waals surface area contributed by atoms with Crippen molar-refractivity contribution in [3.05, 3.63) is 90.4 Å². The lowest BCUT2D eigenvalue weighted by molar-refractivity contribution is 0.102. The van der Waals surface area contributed by atoms with E-state index in [1.54, 1.807) is 28.9 Å². The zero-order valence-electron chi connectivity index (χ0n) is 17.2. The van der Waals surface area contributed by atoms with Gasteiger partial charge in [0, 0.05) is 29.8 Å². The zero-order valence-corrected chi connectivity index (χ0v) is 17.2. The Morgan fingerprint density at radius 2 is 1.81 bits per heavy atom. The monoisotopic (exact) mass is 425 g/mol. The van der Waals surface area contributed by atoms with E-state index in [2.05, 4.69) is 20.6 Å². The Balaban J connectivity index is 1.27. The lowest BCUT2D eigenvalue weighted by atomic mass is 10.2. The molecule has 2 heterocycles. The van der Waals surface area contributed by atoms with E-state index in [-0.39, 0.29) is 12.5 Å². The molecule has 0 aliphatic heterocycles. The number of hydrogen-bond donors (Lipinski definition) is 1. The van der Waals surface area contributed by atoms with Gasteiger partial charge >= 0.3 is 0 Å². The Bertz CT molecular complexity index is 1390. The van der Waals surface area contributed by atoms with E-state index in [0.717, 1.165) is 16.5 Å². The predicted molar refractivity (Wildman–Crippen MR) is 119 cm³/mol. The topological polar surface area (TPSA) is 95.1 Å². The summed E-state index contributed by atoms with van der Waals surface area (Å²) in [5.74, 6) is 1.07. The van der Waals surface area contributed by atoms with Crippen LogP contribution < -0.4 is 10.1 Å². The van der Waals surface area contributed by atoms with Gasteiger partial charge in [-0.15, -0.1) is 10.2 Å². The highest BCUT2D eigenvalue weighted by Gasteiger charge is 2.16. The number of anilines is 1. The number of carbonyl (C=O) groups is 1. The molecule has 0 aliphatic carbocycles. The van der Waals surface area contributed by atoms with Gasteiger partial charge in [-0.2, -0.15) is 5.10 Å². The highest BCUT2D eigenvalue weighted by atomic mass is 16.5. The standard InChI is InChI=1S/C24H19N5O3/c1-29-20-13-6-5-12-19(20)22(28-29)23(30)25-17-10-7-11-18(14-17)31-15-21-26-27-24(32-21)16-8-3-2-4-9-16/h2-14H,15H2,1H3,(H,25,30). The van der Waals surface area contributed by atoms with E-state index in [1.165, 1.54) is 0 Å². The van der Waals surface area contributed by atoms with Crippen molar-refractivity contribution in [2.24, 2.45) is 7.05 Å². The molecule has 0 radical (unpaired) electrons. The molecule has 0 aliphatic rings. The molecule has 5 rings (SSSR count). The van der Waals surface area contributed by atoms with Crippen molar-refractivity contribution >= 4 is 22.5 Å². The van der Waals surface area contributed by atoms with E-state index in [9.17, 15) is 4.79 Å². The number of hydrogen-bond acceptors (Lipinski definition) is 6. The third kappa shape index (κ3) is 3.93. The quantitative estimate of drug-likeness (QED) is 0.432. The van der Waals surface area contributed by atoms with E-state index in [4.69, 9.17) is 9.15 Å². The Hall–Kier alpha value is -4.46. The van der Waals surface area contributed by atoms with Crippen molar-refractivity contribution in [1.29, 1.82) is 0 Å². The van der Waals surface area contributed by atoms with Crippen LogP contribution in [0.25, 0.3) is 22.4 Å². The van der Waals surface area contributed by atoms with Crippen LogP contribution in [0.2, 0.25) is 0 Å². The third-order valence-electron chi connectivity index (χ3n) is 4.91. The molecule has 1 N–H and O–H groups in total. The van der Waals surface area contributed by atoms with Crippen LogP contribution in [0.1, 0.15) is 16.4 Å². The second-order valence-electron chi connectivity index (χ2n) is 7.13. The van der Waals surface area contributed by atoms with E-state index in [0.29, 0.717) is 28.9 Å². The number of aryl methyl sites for hydroxylation is 1. The number of nitrogens with one attached hydrogen (secondary N) is 1. The lowest BCUT2D eigenvalue weighted by Gasteiger charge is -2.07. The molecule has 8 heteroatoms. The fourth-order valence-electron chi connectivity index (χ4n) is 3.39. The maximum Gasteiger partial charge on any atom is 0.276 e. The summed E-state index contributed by atoms with van der Waals surface area (Å²) in [4.78, 5) is 12.8. The summed E-state index contributed by atoms with van der Waals surface area (Å²) < 4.78 is 13.1. The van der Waals surface area contributed by atoms with Gasteiger partial charge in [-0.25, -0.2) is 0 Å². The maximum atomic E-state index is 12.8. The molecule has 0 fully saturated rings. The average molecular weight is 425 g/mol. The molecular formula is C24H19N5O3. The van der Waals surface area contributed by atoms with Crippen molar-refractivity contribution < 1.29 is 13.9 Å².